The summed E-state index contributed by atoms with van der Waals surface area (Å²) >= 11 is 0. The van der Waals surface area contributed by atoms with Crippen LogP contribution in [0, 0.1) is 0 Å². The standard InChI is InChI=1S/C15H21F2N5O/c1-21-4-6-22(7-5-21)13-3-2-11(9-18-13)20-14(23)12-8-15(16,17)10-19-12/h2-3,9,12,19H,4-8,10H2,1H3,(H,20,23). The molecule has 1 atom stereocenters. The molecule has 2 saturated heterocycles. The number of piperazine rings is 1. The molecule has 0 saturated carbocycles. The Balaban J connectivity index is 1.56. The number of likely N-dealkylation sites (N-methyl/N-ethyl adjacent to an activating group) is 1. The number of nitrogens with zero attached hydrogens (tertiary/aromatic N) is 3. The molecule has 2 fully saturated rings. The Bertz CT molecular complexity index is 557. The van der Waals surface area contributed by atoms with Gasteiger partial charge in [0.1, 0.15) is 5.82 Å². The molecule has 0 aromatic carbocycles. The van der Waals surface area contributed by atoms with Crippen molar-refractivity contribution in [2.45, 2.75) is 18.4 Å². The van der Waals surface area contributed by atoms with Gasteiger partial charge in [0.15, 0.2) is 0 Å². The van der Waals surface area contributed by atoms with Gasteiger partial charge in [-0.3, -0.25) is 10.1 Å². The number of hydrogen-bond donors (Lipinski definition) is 2. The molecule has 1 unspecified atom stereocenters. The van der Waals surface area contributed by atoms with E-state index < -0.39 is 30.8 Å². The van der Waals surface area contributed by atoms with Gasteiger partial charge in [-0.1, -0.05) is 0 Å². The number of hydrogen-bond acceptors (Lipinski definition) is 5. The van der Waals surface area contributed by atoms with Gasteiger partial charge in [-0.2, -0.15) is 0 Å². The number of anilines is 2. The summed E-state index contributed by atoms with van der Waals surface area (Å²) in [4.78, 5) is 20.8. The molecule has 1 amide bonds. The van der Waals surface area contributed by atoms with Gasteiger partial charge in [0.2, 0.25) is 5.91 Å². The zero-order valence-electron chi connectivity index (χ0n) is 13.1. The number of alkyl halides is 2. The summed E-state index contributed by atoms with van der Waals surface area (Å²) in [6.07, 6.45) is 1.10. The lowest BCUT2D eigenvalue weighted by atomic mass is 10.2. The van der Waals surface area contributed by atoms with Gasteiger partial charge >= 0.3 is 0 Å². The maximum absolute atomic E-state index is 13.1. The van der Waals surface area contributed by atoms with Crippen LogP contribution in [-0.4, -0.2) is 67.5 Å². The highest BCUT2D eigenvalue weighted by atomic mass is 19.3. The molecule has 6 nitrogen and oxygen atoms in total. The molecule has 0 bridgehead atoms. The summed E-state index contributed by atoms with van der Waals surface area (Å²) in [5.74, 6) is -2.40. The van der Waals surface area contributed by atoms with Gasteiger partial charge in [-0.05, 0) is 19.2 Å². The fourth-order valence-electron chi connectivity index (χ4n) is 2.81. The van der Waals surface area contributed by atoms with E-state index in [1.54, 1.807) is 12.3 Å². The highest BCUT2D eigenvalue weighted by molar-refractivity contribution is 5.95. The molecule has 2 N–H and O–H groups in total. The van der Waals surface area contributed by atoms with E-state index in [4.69, 9.17) is 0 Å². The zero-order valence-corrected chi connectivity index (χ0v) is 13.1. The van der Waals surface area contributed by atoms with Crippen LogP contribution < -0.4 is 15.5 Å². The van der Waals surface area contributed by atoms with Crippen molar-refractivity contribution in [3.63, 3.8) is 0 Å². The van der Waals surface area contributed by atoms with Crippen LogP contribution in [0.4, 0.5) is 20.3 Å². The second-order valence-electron chi connectivity index (χ2n) is 6.18. The lowest BCUT2D eigenvalue weighted by Gasteiger charge is -2.33. The number of nitrogens with one attached hydrogen (secondary N) is 2. The SMILES string of the molecule is CN1CCN(c2ccc(NC(=O)C3CC(F)(F)CN3)cn2)CC1. The molecule has 3 rings (SSSR count). The van der Waals surface area contributed by atoms with Gasteiger partial charge in [0.05, 0.1) is 24.5 Å². The minimum absolute atomic E-state index is 0.448. The van der Waals surface area contributed by atoms with Crippen molar-refractivity contribution < 1.29 is 13.6 Å². The molecule has 1 aromatic rings. The van der Waals surface area contributed by atoms with Crippen molar-refractivity contribution in [3.8, 4) is 0 Å². The normalized spacial score (nSPS) is 24.7. The van der Waals surface area contributed by atoms with Crippen molar-refractivity contribution in [2.75, 3.05) is 50.0 Å². The van der Waals surface area contributed by atoms with Crippen LogP contribution in [0.5, 0.6) is 0 Å². The molecule has 23 heavy (non-hydrogen) atoms. The third kappa shape index (κ3) is 3.94. The molecule has 0 spiro atoms. The second-order valence-corrected chi connectivity index (χ2v) is 6.18. The van der Waals surface area contributed by atoms with Gasteiger partial charge in [-0.15, -0.1) is 0 Å². The lowest BCUT2D eigenvalue weighted by Crippen LogP contribution is -2.44. The van der Waals surface area contributed by atoms with E-state index in [1.807, 2.05) is 6.07 Å². The molecule has 3 heterocycles. The summed E-state index contributed by atoms with van der Waals surface area (Å²) in [5.41, 5.74) is 0.518. The fraction of sp³-hybridized carbons (Fsp3) is 0.600. The highest BCUT2D eigenvalue weighted by Crippen LogP contribution is 2.25. The van der Waals surface area contributed by atoms with Gasteiger partial charge < -0.3 is 15.1 Å². The van der Waals surface area contributed by atoms with Crippen LogP contribution in [0.2, 0.25) is 0 Å². The highest BCUT2D eigenvalue weighted by Gasteiger charge is 2.42. The van der Waals surface area contributed by atoms with Crippen molar-refractivity contribution in [3.05, 3.63) is 18.3 Å². The average Bonchev–Trinajstić information content (AvgIpc) is 2.89. The molecule has 2 aliphatic heterocycles. The lowest BCUT2D eigenvalue weighted by molar-refractivity contribution is -0.118. The van der Waals surface area contributed by atoms with Crippen molar-refractivity contribution in [2.24, 2.45) is 0 Å². The number of aromatic nitrogens is 1. The van der Waals surface area contributed by atoms with Gasteiger partial charge in [-0.25, -0.2) is 13.8 Å². The molecule has 2 aliphatic rings. The number of carbonyl (C=O) groups excluding carboxylic acids is 1. The maximum atomic E-state index is 13.1. The van der Waals surface area contributed by atoms with Crippen molar-refractivity contribution in [1.29, 1.82) is 0 Å². The minimum atomic E-state index is -2.81. The maximum Gasteiger partial charge on any atom is 0.262 e. The topological polar surface area (TPSA) is 60.5 Å². The molecule has 0 radical (unpaired) electrons. The Hall–Kier alpha value is -1.80. The first kappa shape index (κ1) is 16.1. The molecular formula is C15H21F2N5O. The first-order valence-electron chi connectivity index (χ1n) is 7.75. The summed E-state index contributed by atoms with van der Waals surface area (Å²) in [7, 11) is 2.09. The summed E-state index contributed by atoms with van der Waals surface area (Å²) in [5, 5.41) is 5.17. The zero-order chi connectivity index (χ0) is 16.4. The fourth-order valence-corrected chi connectivity index (χ4v) is 2.81. The number of carbonyl (C=O) groups is 1. The van der Waals surface area contributed by atoms with Crippen LogP contribution in [-0.2, 0) is 4.79 Å². The van der Waals surface area contributed by atoms with E-state index in [1.165, 1.54) is 0 Å². The predicted molar refractivity (Wildman–Crippen MR) is 83.9 cm³/mol. The van der Waals surface area contributed by atoms with Crippen molar-refractivity contribution in [1.82, 2.24) is 15.2 Å². The minimum Gasteiger partial charge on any atom is -0.354 e. The molecule has 126 valence electrons. The largest absolute Gasteiger partial charge is 0.354 e. The Labute approximate surface area is 133 Å². The van der Waals surface area contributed by atoms with Gasteiger partial charge in [0.25, 0.3) is 5.92 Å². The van der Waals surface area contributed by atoms with Crippen LogP contribution in [0.25, 0.3) is 0 Å². The van der Waals surface area contributed by atoms with Crippen LogP contribution >= 0.6 is 0 Å². The number of halogens is 2. The second kappa shape index (κ2) is 6.37. The number of amides is 1. The van der Waals surface area contributed by atoms with E-state index in [-0.39, 0.29) is 0 Å². The average molecular weight is 325 g/mol. The van der Waals surface area contributed by atoms with E-state index in [0.29, 0.717) is 5.69 Å². The van der Waals surface area contributed by atoms with E-state index in [0.717, 1.165) is 32.0 Å². The number of pyridine rings is 1. The van der Waals surface area contributed by atoms with Crippen LogP contribution in [0.15, 0.2) is 18.3 Å². The molecule has 0 aliphatic carbocycles. The van der Waals surface area contributed by atoms with Crippen LogP contribution in [0.3, 0.4) is 0 Å². The van der Waals surface area contributed by atoms with E-state index in [2.05, 4.69) is 32.5 Å². The monoisotopic (exact) mass is 325 g/mol. The third-order valence-electron chi connectivity index (χ3n) is 4.27. The quantitative estimate of drug-likeness (QED) is 0.860. The van der Waals surface area contributed by atoms with E-state index >= 15 is 0 Å². The summed E-state index contributed by atoms with van der Waals surface area (Å²) in [6, 6.07) is 2.74. The van der Waals surface area contributed by atoms with Gasteiger partial charge in [0, 0.05) is 32.6 Å². The van der Waals surface area contributed by atoms with Crippen LogP contribution in [0.1, 0.15) is 6.42 Å². The Morgan fingerprint density at radius 2 is 2.09 bits per heavy atom. The summed E-state index contributed by atoms with van der Waals surface area (Å²) < 4.78 is 26.2. The molecule has 8 heteroatoms. The molecule has 1 aromatic heterocycles. The first-order chi connectivity index (χ1) is 10.9. The molecular weight excluding hydrogens is 304 g/mol. The first-order valence-corrected chi connectivity index (χ1v) is 7.75. The Morgan fingerprint density at radius 3 is 2.65 bits per heavy atom. The van der Waals surface area contributed by atoms with E-state index in [9.17, 15) is 13.6 Å². The smallest absolute Gasteiger partial charge is 0.262 e. The Kier molecular flexibility index (Phi) is 4.45. The van der Waals surface area contributed by atoms with Crippen molar-refractivity contribution >= 4 is 17.4 Å². The third-order valence-corrected chi connectivity index (χ3v) is 4.27. The Morgan fingerprint density at radius 1 is 1.35 bits per heavy atom. The summed E-state index contributed by atoms with van der Waals surface area (Å²) in [6.45, 7) is 3.35. The number of rotatable bonds is 3. The predicted octanol–water partition coefficient (Wildman–Crippen LogP) is 0.769.